The number of aromatic amines is 1. The molecule has 0 atom stereocenters. The summed E-state index contributed by atoms with van der Waals surface area (Å²) in [7, 11) is 0. The van der Waals surface area contributed by atoms with Crippen LogP contribution in [0.25, 0.3) is 32.8 Å². The Bertz CT molecular complexity index is 1360. The zero-order valence-electron chi connectivity index (χ0n) is 15.7. The van der Waals surface area contributed by atoms with Crippen molar-refractivity contribution in [3.8, 4) is 11.3 Å². The highest BCUT2D eigenvalue weighted by Gasteiger charge is 2.10. The summed E-state index contributed by atoms with van der Waals surface area (Å²) in [5.41, 5.74) is 2.99. The average Bonchev–Trinajstić information content (AvgIpc) is 2.74. The van der Waals surface area contributed by atoms with Crippen molar-refractivity contribution < 1.29 is 17.0 Å². The largest absolute Gasteiger partial charge is 1.00 e. The van der Waals surface area contributed by atoms with E-state index in [1.807, 2.05) is 59.4 Å². The van der Waals surface area contributed by atoms with Crippen LogP contribution in [-0.4, -0.2) is 4.98 Å². The molecule has 29 heavy (non-hydrogen) atoms. The summed E-state index contributed by atoms with van der Waals surface area (Å²) >= 11 is 0. The van der Waals surface area contributed by atoms with Gasteiger partial charge in [-0.25, -0.2) is 0 Å². The number of pyridine rings is 2. The Morgan fingerprint density at radius 2 is 1.52 bits per heavy atom. The number of hydrogen-bond acceptors (Lipinski definition) is 1. The van der Waals surface area contributed by atoms with Gasteiger partial charge in [0.25, 0.3) is 5.56 Å². The van der Waals surface area contributed by atoms with E-state index in [2.05, 4.69) is 47.4 Å². The summed E-state index contributed by atoms with van der Waals surface area (Å²) in [5, 5.41) is 3.99. The molecule has 5 rings (SSSR count). The van der Waals surface area contributed by atoms with Gasteiger partial charge >= 0.3 is 0 Å². The predicted molar refractivity (Wildman–Crippen MR) is 113 cm³/mol. The first-order valence-corrected chi connectivity index (χ1v) is 9.35. The molecule has 2 aromatic heterocycles. The Balaban J connectivity index is 0.00000205. The van der Waals surface area contributed by atoms with E-state index in [1.54, 1.807) is 0 Å². The van der Waals surface area contributed by atoms with Crippen molar-refractivity contribution in [2.75, 3.05) is 0 Å². The highest BCUT2D eigenvalue weighted by Crippen LogP contribution is 2.24. The van der Waals surface area contributed by atoms with E-state index in [0.717, 1.165) is 28.6 Å². The Morgan fingerprint density at radius 1 is 0.759 bits per heavy atom. The summed E-state index contributed by atoms with van der Waals surface area (Å²) in [6.45, 7) is 0.739. The van der Waals surface area contributed by atoms with Crippen molar-refractivity contribution in [3.63, 3.8) is 0 Å². The van der Waals surface area contributed by atoms with Crippen LogP contribution < -0.4 is 22.5 Å². The molecule has 0 spiro atoms. The first-order valence-electron chi connectivity index (χ1n) is 9.35. The van der Waals surface area contributed by atoms with Gasteiger partial charge in [-0.2, -0.15) is 4.57 Å². The maximum atomic E-state index is 12.8. The number of nitrogens with one attached hydrogen (secondary N) is 1. The molecule has 0 bridgehead atoms. The smallest absolute Gasteiger partial charge is 0.262 e. The van der Waals surface area contributed by atoms with Gasteiger partial charge in [0.1, 0.15) is 5.39 Å². The van der Waals surface area contributed by atoms with E-state index >= 15 is 0 Å². The third kappa shape index (κ3) is 3.78. The topological polar surface area (TPSA) is 36.7 Å². The second-order valence-electron chi connectivity index (χ2n) is 7.05. The Labute approximate surface area is 174 Å². The van der Waals surface area contributed by atoms with Gasteiger partial charge in [-0.15, -0.1) is 0 Å². The van der Waals surface area contributed by atoms with Gasteiger partial charge < -0.3 is 17.4 Å². The normalized spacial score (nSPS) is 10.8. The lowest BCUT2D eigenvalue weighted by atomic mass is 10.0. The van der Waals surface area contributed by atoms with E-state index < -0.39 is 0 Å². The van der Waals surface area contributed by atoms with E-state index in [0.29, 0.717) is 5.39 Å². The Hall–Kier alpha value is -3.43. The molecule has 0 aliphatic heterocycles. The summed E-state index contributed by atoms with van der Waals surface area (Å²) in [5.74, 6) is 0. The lowest BCUT2D eigenvalue weighted by Gasteiger charge is -2.06. The minimum atomic E-state index is -0.0666. The lowest BCUT2D eigenvalue weighted by Crippen LogP contribution is -3.00. The molecule has 4 heteroatoms. The highest BCUT2D eigenvalue weighted by atomic mass is 35.5. The highest BCUT2D eigenvalue weighted by molar-refractivity contribution is 5.89. The lowest BCUT2D eigenvalue weighted by molar-refractivity contribution is -0.687. The summed E-state index contributed by atoms with van der Waals surface area (Å²) < 4.78 is 2.04. The van der Waals surface area contributed by atoms with Crippen molar-refractivity contribution in [2.24, 2.45) is 0 Å². The average molecular weight is 399 g/mol. The fraction of sp³-hybridized carbons (Fsp3) is 0.0400. The second-order valence-corrected chi connectivity index (χ2v) is 7.05. The quantitative estimate of drug-likeness (QED) is 0.461. The fourth-order valence-electron chi connectivity index (χ4n) is 3.65. The molecule has 0 unspecified atom stereocenters. The number of benzene rings is 3. The SMILES string of the molecule is O=c1[nH]c(-c2ccc3ccccc3c2)cc2cc[n+](Cc3ccccc3)cc12.[Cl-]. The first-order chi connectivity index (χ1) is 13.8. The minimum Gasteiger partial charge on any atom is -1.00 e. The molecule has 0 radical (unpaired) electrons. The molecule has 142 valence electrons. The summed E-state index contributed by atoms with van der Waals surface area (Å²) in [6, 6.07) is 28.8. The van der Waals surface area contributed by atoms with Crippen LogP contribution in [0.4, 0.5) is 0 Å². The van der Waals surface area contributed by atoms with Crippen LogP contribution in [0.2, 0.25) is 0 Å². The molecule has 0 saturated heterocycles. The number of rotatable bonds is 3. The maximum absolute atomic E-state index is 12.8. The third-order valence-corrected chi connectivity index (χ3v) is 5.11. The summed E-state index contributed by atoms with van der Waals surface area (Å²) in [4.78, 5) is 15.8. The van der Waals surface area contributed by atoms with Gasteiger partial charge in [0.2, 0.25) is 0 Å². The number of halogens is 1. The zero-order valence-corrected chi connectivity index (χ0v) is 16.4. The number of nitrogens with zero attached hydrogens (tertiary/aromatic N) is 1. The molecule has 2 heterocycles. The number of hydrogen-bond donors (Lipinski definition) is 1. The van der Waals surface area contributed by atoms with Crippen LogP contribution in [-0.2, 0) is 6.54 Å². The van der Waals surface area contributed by atoms with Gasteiger partial charge in [-0.05, 0) is 28.5 Å². The molecule has 5 aromatic rings. The molecular formula is C25H19ClN2O. The van der Waals surface area contributed by atoms with Crippen LogP contribution in [0.3, 0.4) is 0 Å². The minimum absolute atomic E-state index is 0. The van der Waals surface area contributed by atoms with Gasteiger partial charge in [0.15, 0.2) is 18.9 Å². The van der Waals surface area contributed by atoms with Crippen LogP contribution in [0.15, 0.2) is 102 Å². The van der Waals surface area contributed by atoms with E-state index in [-0.39, 0.29) is 18.0 Å². The van der Waals surface area contributed by atoms with Crippen LogP contribution in [0.5, 0.6) is 0 Å². The van der Waals surface area contributed by atoms with Gasteiger partial charge in [0, 0.05) is 22.7 Å². The van der Waals surface area contributed by atoms with Gasteiger partial charge in [0.05, 0.1) is 0 Å². The molecule has 0 fully saturated rings. The van der Waals surface area contributed by atoms with Crippen molar-refractivity contribution in [1.29, 1.82) is 0 Å². The monoisotopic (exact) mass is 398 g/mol. The van der Waals surface area contributed by atoms with Crippen molar-refractivity contribution >= 4 is 21.5 Å². The van der Waals surface area contributed by atoms with Crippen LogP contribution >= 0.6 is 0 Å². The predicted octanol–water partition coefficient (Wildman–Crippen LogP) is 1.69. The van der Waals surface area contributed by atoms with E-state index in [4.69, 9.17) is 0 Å². The molecule has 0 amide bonds. The van der Waals surface area contributed by atoms with E-state index in [9.17, 15) is 4.79 Å². The number of H-pyrrole nitrogens is 1. The van der Waals surface area contributed by atoms with Crippen molar-refractivity contribution in [1.82, 2.24) is 4.98 Å². The van der Waals surface area contributed by atoms with Gasteiger partial charge in [-0.1, -0.05) is 66.7 Å². The molecule has 0 aliphatic rings. The zero-order chi connectivity index (χ0) is 18.9. The van der Waals surface area contributed by atoms with Crippen molar-refractivity contribution in [3.05, 3.63) is 113 Å². The molecular weight excluding hydrogens is 380 g/mol. The number of aromatic nitrogens is 2. The van der Waals surface area contributed by atoms with Crippen molar-refractivity contribution in [2.45, 2.75) is 6.54 Å². The fourth-order valence-corrected chi connectivity index (χ4v) is 3.65. The molecule has 3 aromatic carbocycles. The van der Waals surface area contributed by atoms with E-state index in [1.165, 1.54) is 10.9 Å². The Kier molecular flexibility index (Phi) is 5.15. The third-order valence-electron chi connectivity index (χ3n) is 5.11. The molecule has 0 saturated carbocycles. The Morgan fingerprint density at radius 3 is 2.34 bits per heavy atom. The standard InChI is InChI=1S/C25H18N2O.ClH/c28-25-23-17-27(16-18-6-2-1-3-7-18)13-12-21(23)15-24(26-25)22-11-10-19-8-4-5-9-20(19)14-22;/h1-15,17H,16H2;1H. The second kappa shape index (κ2) is 7.90. The van der Waals surface area contributed by atoms with Crippen LogP contribution in [0, 0.1) is 0 Å². The number of fused-ring (bicyclic) bond motifs is 2. The molecule has 0 aliphatic carbocycles. The summed E-state index contributed by atoms with van der Waals surface area (Å²) in [6.07, 6.45) is 3.95. The van der Waals surface area contributed by atoms with Gasteiger partial charge in [-0.3, -0.25) is 4.79 Å². The first kappa shape index (κ1) is 18.9. The molecule has 1 N–H and O–H groups in total. The van der Waals surface area contributed by atoms with Crippen LogP contribution in [0.1, 0.15) is 5.56 Å². The maximum Gasteiger partial charge on any atom is 0.262 e. The molecule has 3 nitrogen and oxygen atoms in total.